The van der Waals surface area contributed by atoms with Crippen molar-refractivity contribution in [3.05, 3.63) is 11.9 Å². The Morgan fingerprint density at radius 2 is 1.72 bits per heavy atom. The fourth-order valence-electron chi connectivity index (χ4n) is 4.14. The van der Waals surface area contributed by atoms with E-state index in [1.807, 2.05) is 5.32 Å². The van der Waals surface area contributed by atoms with Crippen LogP contribution < -0.4 is 71.2 Å². The normalized spacial score (nSPS) is 26.6. The maximum Gasteiger partial charge on any atom is 0.316 e. The Labute approximate surface area is 262 Å². The van der Waals surface area contributed by atoms with E-state index in [1.54, 1.807) is 0 Å². The number of aliphatic hydroxyl groups is 1. The van der Waals surface area contributed by atoms with Gasteiger partial charge in [-0.1, -0.05) is 0 Å². The van der Waals surface area contributed by atoms with Gasteiger partial charge in [-0.3, -0.25) is 33.8 Å². The van der Waals surface area contributed by atoms with Gasteiger partial charge in [0.05, 0.1) is 18.7 Å². The number of nitrogens with one attached hydrogen (secondary N) is 8. The molecule has 0 aliphatic carbocycles. The Kier molecular flexibility index (Phi) is 14.6. The number of urea groups is 1. The lowest BCUT2D eigenvalue weighted by molar-refractivity contribution is -0.134. The van der Waals surface area contributed by atoms with E-state index in [1.165, 1.54) is 0 Å². The molecule has 0 radical (unpaired) electrons. The van der Waals surface area contributed by atoms with Gasteiger partial charge in [0.25, 0.3) is 5.91 Å². The van der Waals surface area contributed by atoms with E-state index in [2.05, 4.69) is 42.2 Å². The van der Waals surface area contributed by atoms with E-state index >= 15 is 0 Å². The number of nitrogens with zero attached hydrogens (tertiary/aromatic N) is 1. The highest BCUT2D eigenvalue weighted by Crippen LogP contribution is 2.07. The maximum absolute atomic E-state index is 13.4. The van der Waals surface area contributed by atoms with Crippen LogP contribution in [0.2, 0.25) is 0 Å². The predicted octanol–water partition coefficient (Wildman–Crippen LogP) is -8.62. The molecule has 1 saturated heterocycles. The number of hydrogen-bond acceptors (Lipinski definition) is 14. The number of guanidine groups is 1. The van der Waals surface area contributed by atoms with Gasteiger partial charge in [0.15, 0.2) is 5.96 Å². The zero-order valence-corrected chi connectivity index (χ0v) is 24.8. The predicted molar refractivity (Wildman–Crippen MR) is 160 cm³/mol. The van der Waals surface area contributed by atoms with Crippen molar-refractivity contribution in [2.45, 2.75) is 55.5 Å². The number of nitrogens with two attached hydrogens (primary N) is 5. The Morgan fingerprint density at radius 1 is 1.02 bits per heavy atom. The van der Waals surface area contributed by atoms with E-state index in [9.17, 15) is 38.7 Å². The first-order valence-corrected chi connectivity index (χ1v) is 14.2. The molecular formula is C24H42N14O8. The van der Waals surface area contributed by atoms with Crippen LogP contribution >= 0.6 is 0 Å². The number of primary amides is 1. The van der Waals surface area contributed by atoms with Gasteiger partial charge in [-0.2, -0.15) is 0 Å². The number of aliphatic imine (C=N–C) groups is 1. The Bertz CT molecular complexity index is 1230. The molecule has 8 amide bonds. The van der Waals surface area contributed by atoms with Crippen molar-refractivity contribution >= 4 is 47.4 Å². The van der Waals surface area contributed by atoms with Crippen LogP contribution in [0.4, 0.5) is 4.79 Å². The van der Waals surface area contributed by atoms with Crippen LogP contribution in [0, 0.1) is 0 Å². The number of aliphatic hydroxyl groups excluding tert-OH is 1. The minimum atomic E-state index is -1.65. The van der Waals surface area contributed by atoms with Gasteiger partial charge in [-0.25, -0.2) is 4.79 Å². The third-order valence-electron chi connectivity index (χ3n) is 6.71. The topological polar surface area (TPSA) is 378 Å². The second-order valence-electron chi connectivity index (χ2n) is 10.3. The fourth-order valence-corrected chi connectivity index (χ4v) is 4.14. The van der Waals surface area contributed by atoms with Gasteiger partial charge >= 0.3 is 6.03 Å². The summed E-state index contributed by atoms with van der Waals surface area (Å²) >= 11 is 0. The Balaban J connectivity index is 2.49. The van der Waals surface area contributed by atoms with Crippen molar-refractivity contribution in [1.82, 2.24) is 42.5 Å². The molecule has 2 aliphatic heterocycles. The molecule has 6 atom stereocenters. The summed E-state index contributed by atoms with van der Waals surface area (Å²) in [5.41, 5.74) is 27.4. The van der Waals surface area contributed by atoms with E-state index in [-0.39, 0.29) is 31.9 Å². The molecule has 256 valence electrons. The lowest BCUT2D eigenvalue weighted by Gasteiger charge is -2.31. The molecule has 0 bridgehead atoms. The van der Waals surface area contributed by atoms with E-state index in [0.29, 0.717) is 6.42 Å². The van der Waals surface area contributed by atoms with Crippen LogP contribution in [0.15, 0.2) is 16.9 Å². The molecule has 6 unspecified atom stereocenters. The minimum Gasteiger partial charge on any atom is -0.394 e. The first-order valence-electron chi connectivity index (χ1n) is 14.2. The molecule has 2 aliphatic rings. The van der Waals surface area contributed by atoms with E-state index < -0.39 is 103 Å². The minimum absolute atomic E-state index is 0.0144. The monoisotopic (exact) mass is 654 g/mol. The van der Waals surface area contributed by atoms with Gasteiger partial charge in [0.1, 0.15) is 29.9 Å². The second-order valence-corrected chi connectivity index (χ2v) is 10.3. The smallest absolute Gasteiger partial charge is 0.316 e. The summed E-state index contributed by atoms with van der Waals surface area (Å²) in [5, 5.41) is 28.6. The highest BCUT2D eigenvalue weighted by Gasteiger charge is 2.35. The van der Waals surface area contributed by atoms with Crippen LogP contribution in [0.25, 0.3) is 0 Å². The summed E-state index contributed by atoms with van der Waals surface area (Å²) < 4.78 is 0. The number of amides is 8. The number of rotatable bonds is 9. The molecule has 0 aromatic rings. The number of hydrogen-bond donors (Lipinski definition) is 14. The van der Waals surface area contributed by atoms with E-state index in [0.717, 1.165) is 6.20 Å². The van der Waals surface area contributed by atoms with Gasteiger partial charge < -0.3 is 76.3 Å². The highest BCUT2D eigenvalue weighted by atomic mass is 16.3. The van der Waals surface area contributed by atoms with Crippen molar-refractivity contribution < 1.29 is 38.7 Å². The van der Waals surface area contributed by atoms with Crippen molar-refractivity contribution in [2.75, 3.05) is 32.8 Å². The van der Waals surface area contributed by atoms with Crippen LogP contribution in [0.1, 0.15) is 19.3 Å². The summed E-state index contributed by atoms with van der Waals surface area (Å²) in [5.74, 6) is -5.78. The van der Waals surface area contributed by atoms with Crippen molar-refractivity contribution in [2.24, 2.45) is 33.7 Å². The summed E-state index contributed by atoms with van der Waals surface area (Å²) in [6.45, 7) is -1.51. The molecule has 0 aromatic heterocycles. The summed E-state index contributed by atoms with van der Waals surface area (Å²) in [4.78, 5) is 93.7. The van der Waals surface area contributed by atoms with Gasteiger partial charge in [0, 0.05) is 25.8 Å². The largest absolute Gasteiger partial charge is 0.394 e. The van der Waals surface area contributed by atoms with Crippen LogP contribution in [-0.4, -0.2) is 122 Å². The zero-order valence-electron chi connectivity index (χ0n) is 24.8. The molecule has 22 heteroatoms. The Morgan fingerprint density at radius 3 is 2.35 bits per heavy atom. The number of carbonyl (C=O) groups excluding carboxylic acids is 7. The second kappa shape index (κ2) is 18.0. The molecule has 0 saturated carbocycles. The summed E-state index contributed by atoms with van der Waals surface area (Å²) in [6, 6.07) is -9.04. The Hall–Kier alpha value is -5.06. The lowest BCUT2D eigenvalue weighted by Crippen LogP contribution is -2.64. The van der Waals surface area contributed by atoms with E-state index in [4.69, 9.17) is 28.7 Å². The van der Waals surface area contributed by atoms with Crippen molar-refractivity contribution in [3.63, 3.8) is 0 Å². The zero-order chi connectivity index (χ0) is 34.4. The van der Waals surface area contributed by atoms with Gasteiger partial charge in [0.2, 0.25) is 29.5 Å². The summed E-state index contributed by atoms with van der Waals surface area (Å²) in [6.07, 6.45) is 1.61. The van der Waals surface area contributed by atoms with Crippen LogP contribution in [0.5, 0.6) is 0 Å². The molecule has 19 N–H and O–H groups in total. The molecule has 1 fully saturated rings. The first kappa shape index (κ1) is 37.1. The van der Waals surface area contributed by atoms with Crippen molar-refractivity contribution in [1.29, 1.82) is 0 Å². The molecule has 2 rings (SSSR count). The average Bonchev–Trinajstić information content (AvgIpc) is 3.02. The molecule has 2 heterocycles. The lowest BCUT2D eigenvalue weighted by atomic mass is 10.0. The molecule has 0 spiro atoms. The number of carbonyl (C=O) groups is 7. The summed E-state index contributed by atoms with van der Waals surface area (Å²) in [7, 11) is 0. The molecule has 46 heavy (non-hydrogen) atoms. The highest BCUT2D eigenvalue weighted by molar-refractivity contribution is 6.02. The fraction of sp³-hybridized carbons (Fsp3) is 0.583. The maximum atomic E-state index is 13.4. The average molecular weight is 655 g/mol. The third-order valence-corrected chi connectivity index (χ3v) is 6.71. The molecule has 22 nitrogen and oxygen atoms in total. The molecular weight excluding hydrogens is 612 g/mol. The first-order chi connectivity index (χ1) is 21.8. The third kappa shape index (κ3) is 11.5. The van der Waals surface area contributed by atoms with Gasteiger partial charge in [-0.15, -0.1) is 0 Å². The van der Waals surface area contributed by atoms with Crippen LogP contribution in [0.3, 0.4) is 0 Å². The molecule has 0 aromatic carbocycles. The van der Waals surface area contributed by atoms with Crippen LogP contribution in [-0.2, 0) is 28.8 Å². The van der Waals surface area contributed by atoms with Crippen molar-refractivity contribution in [3.8, 4) is 0 Å². The SMILES string of the molecule is NCCCC(N)C(=O)NCC1NC(=O)C(CO)NC(=O)C(N)CNC(=O)C(C2CCN=C(N)N2)NC(=O)/C(=C/NC(N)=O)NC1=O. The van der Waals surface area contributed by atoms with Gasteiger partial charge in [-0.05, 0) is 25.8 Å². The quantitative estimate of drug-likeness (QED) is 0.103. The standard InChI is InChI=1S/C24H42N14O8/c25-4-1-2-10(26)17(40)32-7-13-19(42)34-14(8-33-24(29)46)20(43)38-16(12-3-5-30-23(28)37-12)22(45)31-6-11(27)18(41)36-15(9-39)21(44)35-13/h8,10-13,15-16,39H,1-7,9,25-27H2,(H,31,45)(H,32,40)(H,34,42)(H,35,44)(H,36,41)(H,38,43)(H3,28,30,37)(H3,29,33,46)/b14-8-.